The molecule has 4 rings (SSSR count). The molecule has 0 aliphatic rings. The lowest BCUT2D eigenvalue weighted by Crippen LogP contribution is -2.46. The molecule has 2 aromatic heterocycles. The summed E-state index contributed by atoms with van der Waals surface area (Å²) in [6, 6.07) is 11.5. The molecular weight excluding hydrogens is 458 g/mol. The van der Waals surface area contributed by atoms with Crippen LogP contribution < -0.4 is 4.90 Å². The Balaban J connectivity index is 1.82. The van der Waals surface area contributed by atoms with Gasteiger partial charge in [-0.25, -0.2) is 4.98 Å². The van der Waals surface area contributed by atoms with Crippen LogP contribution in [0.2, 0.25) is 5.02 Å². The van der Waals surface area contributed by atoms with Crippen LogP contribution in [-0.2, 0) is 11.2 Å². The van der Waals surface area contributed by atoms with Gasteiger partial charge in [0.25, 0.3) is 5.91 Å². The van der Waals surface area contributed by atoms with Gasteiger partial charge in [0.15, 0.2) is 5.13 Å². The zero-order valence-corrected chi connectivity index (χ0v) is 20.4. The highest BCUT2D eigenvalue weighted by atomic mass is 35.5. The molecule has 0 unspecified atom stereocenters. The lowest BCUT2D eigenvalue weighted by atomic mass is 10.0. The van der Waals surface area contributed by atoms with E-state index in [0.29, 0.717) is 37.9 Å². The van der Waals surface area contributed by atoms with Crippen LogP contribution in [0.3, 0.4) is 0 Å². The summed E-state index contributed by atoms with van der Waals surface area (Å²) in [5.74, 6) is -0.298. The number of anilines is 1. The first kappa shape index (κ1) is 23.0. The lowest BCUT2D eigenvalue weighted by Gasteiger charge is -2.33. The molecular formula is C25H24ClN3O3S. The van der Waals surface area contributed by atoms with Crippen molar-refractivity contribution in [3.8, 4) is 5.75 Å². The third-order valence-corrected chi connectivity index (χ3v) is 6.48. The van der Waals surface area contributed by atoms with Crippen LogP contribution in [0.5, 0.6) is 5.75 Å². The third-order valence-electron chi connectivity index (χ3n) is 5.47. The van der Waals surface area contributed by atoms with Gasteiger partial charge < -0.3 is 5.11 Å². The van der Waals surface area contributed by atoms with Crippen molar-refractivity contribution in [3.05, 3.63) is 75.9 Å². The zero-order chi connectivity index (χ0) is 23.9. The monoisotopic (exact) mass is 481 g/mol. The fraction of sp³-hybridized carbons (Fsp3) is 0.240. The Morgan fingerprint density at radius 2 is 1.85 bits per heavy atom. The van der Waals surface area contributed by atoms with Crippen molar-refractivity contribution in [2.24, 2.45) is 0 Å². The summed E-state index contributed by atoms with van der Waals surface area (Å²) in [4.78, 5) is 33.0. The summed E-state index contributed by atoms with van der Waals surface area (Å²) in [5.41, 5.74) is 1.97. The number of halogens is 1. The number of nitrogens with zero attached hydrogens (tertiary/aromatic N) is 3. The Labute approximate surface area is 201 Å². The topological polar surface area (TPSA) is 75.4 Å². The van der Waals surface area contributed by atoms with Crippen LogP contribution in [0.15, 0.2) is 54.0 Å². The second-order valence-electron chi connectivity index (χ2n) is 8.80. The largest absolute Gasteiger partial charge is 0.508 e. The first-order chi connectivity index (χ1) is 15.6. The van der Waals surface area contributed by atoms with E-state index in [1.54, 1.807) is 52.1 Å². The number of hydrogen-bond donors (Lipinski definition) is 1. The molecule has 4 aromatic rings. The van der Waals surface area contributed by atoms with Crippen LogP contribution in [0.25, 0.3) is 10.9 Å². The van der Waals surface area contributed by atoms with Crippen molar-refractivity contribution >= 4 is 50.8 Å². The van der Waals surface area contributed by atoms with Gasteiger partial charge in [-0.05, 0) is 75.7 Å². The maximum atomic E-state index is 13.5. The van der Waals surface area contributed by atoms with Gasteiger partial charge in [-0.1, -0.05) is 11.6 Å². The molecule has 33 heavy (non-hydrogen) atoms. The van der Waals surface area contributed by atoms with Crippen molar-refractivity contribution in [2.45, 2.75) is 39.7 Å². The van der Waals surface area contributed by atoms with Gasteiger partial charge in [-0.3, -0.25) is 19.1 Å². The summed E-state index contributed by atoms with van der Waals surface area (Å²) in [7, 11) is 0. The minimum Gasteiger partial charge on any atom is -0.508 e. The van der Waals surface area contributed by atoms with Crippen LogP contribution in [0.4, 0.5) is 5.13 Å². The lowest BCUT2D eigenvalue weighted by molar-refractivity contribution is -0.118. The van der Waals surface area contributed by atoms with Crippen LogP contribution in [0, 0.1) is 6.92 Å². The number of carbonyl (C=O) groups excluding carboxylic acids is 2. The zero-order valence-electron chi connectivity index (χ0n) is 18.8. The quantitative estimate of drug-likeness (QED) is 0.398. The molecule has 6 nitrogen and oxygen atoms in total. The molecule has 0 saturated carbocycles. The number of aromatic hydroxyl groups is 1. The van der Waals surface area contributed by atoms with Gasteiger partial charge >= 0.3 is 0 Å². The molecule has 0 spiro atoms. The van der Waals surface area contributed by atoms with Crippen molar-refractivity contribution in [1.82, 2.24) is 9.55 Å². The highest BCUT2D eigenvalue weighted by Gasteiger charge is 2.31. The number of fused-ring (bicyclic) bond motifs is 1. The molecule has 0 atom stereocenters. The number of thiazole rings is 1. The molecule has 2 heterocycles. The molecule has 0 radical (unpaired) electrons. The van der Waals surface area contributed by atoms with E-state index in [1.807, 2.05) is 33.1 Å². The number of rotatable bonds is 4. The van der Waals surface area contributed by atoms with E-state index in [1.165, 1.54) is 17.4 Å². The predicted molar refractivity (Wildman–Crippen MR) is 133 cm³/mol. The number of benzene rings is 2. The molecule has 1 amide bonds. The summed E-state index contributed by atoms with van der Waals surface area (Å²) in [6.07, 6.45) is 1.73. The highest BCUT2D eigenvalue weighted by Crippen LogP contribution is 2.33. The third kappa shape index (κ3) is 4.38. The average Bonchev–Trinajstić information content (AvgIpc) is 3.34. The highest BCUT2D eigenvalue weighted by molar-refractivity contribution is 7.13. The van der Waals surface area contributed by atoms with Crippen LogP contribution in [-0.4, -0.2) is 32.0 Å². The second kappa shape index (κ2) is 8.65. The van der Waals surface area contributed by atoms with Gasteiger partial charge in [-0.2, -0.15) is 0 Å². The molecule has 0 aliphatic carbocycles. The Kier molecular flexibility index (Phi) is 6.03. The molecule has 0 fully saturated rings. The Bertz CT molecular complexity index is 1340. The van der Waals surface area contributed by atoms with E-state index >= 15 is 0 Å². The molecule has 2 aromatic carbocycles. The van der Waals surface area contributed by atoms with Gasteiger partial charge in [0, 0.05) is 38.8 Å². The molecule has 8 heteroatoms. The van der Waals surface area contributed by atoms with Crippen molar-refractivity contribution in [1.29, 1.82) is 0 Å². The first-order valence-corrected chi connectivity index (χ1v) is 11.7. The normalized spacial score (nSPS) is 11.7. The smallest absolute Gasteiger partial charge is 0.262 e. The minimum absolute atomic E-state index is 0.0591. The standard InChI is InChI=1S/C25H24ClN3O3S/c1-15-19(14-22(31)29(25(2,3)4)24-27-11-12-33-24)20-13-18(30)9-10-21(20)28(15)23(32)16-5-7-17(26)8-6-16/h5-13,30H,14H2,1-4H3. The van der Waals surface area contributed by atoms with Gasteiger partial charge in [0.2, 0.25) is 5.91 Å². The maximum Gasteiger partial charge on any atom is 0.262 e. The van der Waals surface area contributed by atoms with Gasteiger partial charge in [0.05, 0.1) is 11.9 Å². The van der Waals surface area contributed by atoms with E-state index in [0.717, 1.165) is 0 Å². The fourth-order valence-electron chi connectivity index (χ4n) is 4.00. The van der Waals surface area contributed by atoms with E-state index in [2.05, 4.69) is 4.98 Å². The predicted octanol–water partition coefficient (Wildman–Crippen LogP) is 5.83. The molecule has 170 valence electrons. The number of aromatic nitrogens is 2. The maximum absolute atomic E-state index is 13.5. The Morgan fingerprint density at radius 1 is 1.15 bits per heavy atom. The first-order valence-electron chi connectivity index (χ1n) is 10.4. The van der Waals surface area contributed by atoms with Gasteiger partial charge in [-0.15, -0.1) is 11.3 Å². The Morgan fingerprint density at radius 3 is 2.45 bits per heavy atom. The summed E-state index contributed by atoms with van der Waals surface area (Å²) in [5, 5.41) is 13.8. The fourth-order valence-corrected chi connectivity index (χ4v) is 4.97. The SMILES string of the molecule is Cc1c(CC(=O)N(c2nccs2)C(C)(C)C)c2cc(O)ccc2n1C(=O)c1ccc(Cl)cc1. The summed E-state index contributed by atoms with van der Waals surface area (Å²) in [6.45, 7) is 7.69. The number of carbonyl (C=O) groups is 2. The van der Waals surface area contributed by atoms with E-state index in [4.69, 9.17) is 11.6 Å². The van der Waals surface area contributed by atoms with E-state index in [-0.39, 0.29) is 24.0 Å². The van der Waals surface area contributed by atoms with E-state index in [9.17, 15) is 14.7 Å². The number of phenolic OH excluding ortho intramolecular Hbond substituents is 1. The van der Waals surface area contributed by atoms with Crippen molar-refractivity contribution < 1.29 is 14.7 Å². The van der Waals surface area contributed by atoms with Crippen molar-refractivity contribution in [3.63, 3.8) is 0 Å². The number of hydrogen-bond acceptors (Lipinski definition) is 5. The van der Waals surface area contributed by atoms with Crippen LogP contribution >= 0.6 is 22.9 Å². The second-order valence-corrected chi connectivity index (χ2v) is 10.1. The van der Waals surface area contributed by atoms with Crippen molar-refractivity contribution in [2.75, 3.05) is 4.90 Å². The number of amides is 1. The minimum atomic E-state index is -0.484. The van der Waals surface area contributed by atoms with Crippen LogP contribution in [0.1, 0.15) is 42.4 Å². The van der Waals surface area contributed by atoms with Gasteiger partial charge in [0.1, 0.15) is 5.75 Å². The summed E-state index contributed by atoms with van der Waals surface area (Å²) >= 11 is 7.38. The Hall–Kier alpha value is -3.16. The average molecular weight is 482 g/mol. The van der Waals surface area contributed by atoms with E-state index < -0.39 is 5.54 Å². The molecule has 0 bridgehead atoms. The number of phenols is 1. The molecule has 0 saturated heterocycles. The molecule has 0 aliphatic heterocycles. The molecule has 1 N–H and O–H groups in total. The summed E-state index contributed by atoms with van der Waals surface area (Å²) < 4.78 is 1.59.